The van der Waals surface area contributed by atoms with Gasteiger partial charge >= 0.3 is 0 Å². The summed E-state index contributed by atoms with van der Waals surface area (Å²) < 4.78 is 0. The van der Waals surface area contributed by atoms with Crippen molar-refractivity contribution in [3.05, 3.63) is 77.7 Å². The molecule has 5 heteroatoms. The average molecular weight is 332 g/mol. The molecule has 126 valence electrons. The number of carbonyl (C=O) groups excluding carboxylic acids is 1. The maximum Gasteiger partial charge on any atom is 0.274 e. The minimum Gasteiger partial charge on any atom is -0.340 e. The van der Waals surface area contributed by atoms with Gasteiger partial charge in [-0.05, 0) is 43.2 Å². The fraction of sp³-hybridized carbons (Fsp3) is 0.150. The van der Waals surface area contributed by atoms with E-state index in [9.17, 15) is 4.79 Å². The molecule has 2 aromatic carbocycles. The Bertz CT molecular complexity index is 858. The Kier molecular flexibility index (Phi) is 5.04. The number of aryl methyl sites for hydroxylation is 2. The number of nitrogens with one attached hydrogen (secondary N) is 2. The fourth-order valence-electron chi connectivity index (χ4n) is 2.35. The predicted octanol–water partition coefficient (Wildman–Crippen LogP) is 4.34. The number of aromatic nitrogens is 2. The quantitative estimate of drug-likeness (QED) is 0.729. The van der Waals surface area contributed by atoms with E-state index < -0.39 is 0 Å². The van der Waals surface area contributed by atoms with Crippen molar-refractivity contribution in [2.45, 2.75) is 20.3 Å². The fourth-order valence-corrected chi connectivity index (χ4v) is 2.35. The van der Waals surface area contributed by atoms with Gasteiger partial charge in [0.05, 0.1) is 0 Å². The molecular formula is C20H20N4O. The number of anilines is 3. The van der Waals surface area contributed by atoms with Crippen LogP contribution in [0, 0.1) is 6.92 Å². The summed E-state index contributed by atoms with van der Waals surface area (Å²) in [6.45, 7) is 4.13. The van der Waals surface area contributed by atoms with E-state index >= 15 is 0 Å². The zero-order chi connectivity index (χ0) is 17.6. The van der Waals surface area contributed by atoms with Crippen molar-refractivity contribution in [2.24, 2.45) is 0 Å². The van der Waals surface area contributed by atoms with Gasteiger partial charge in [0.1, 0.15) is 17.8 Å². The molecule has 0 bridgehead atoms. The van der Waals surface area contributed by atoms with Crippen LogP contribution in [0.1, 0.15) is 28.5 Å². The van der Waals surface area contributed by atoms with Crippen molar-refractivity contribution < 1.29 is 4.79 Å². The van der Waals surface area contributed by atoms with Crippen LogP contribution in [0.3, 0.4) is 0 Å². The second kappa shape index (κ2) is 7.57. The molecule has 1 amide bonds. The third-order valence-electron chi connectivity index (χ3n) is 3.84. The molecule has 25 heavy (non-hydrogen) atoms. The van der Waals surface area contributed by atoms with Gasteiger partial charge in [-0.15, -0.1) is 0 Å². The molecule has 3 aromatic rings. The number of rotatable bonds is 5. The monoisotopic (exact) mass is 332 g/mol. The zero-order valence-electron chi connectivity index (χ0n) is 14.3. The highest BCUT2D eigenvalue weighted by molar-refractivity contribution is 6.03. The second-order valence-corrected chi connectivity index (χ2v) is 5.78. The maximum absolute atomic E-state index is 12.4. The topological polar surface area (TPSA) is 66.9 Å². The van der Waals surface area contributed by atoms with E-state index in [-0.39, 0.29) is 5.91 Å². The van der Waals surface area contributed by atoms with Gasteiger partial charge < -0.3 is 10.6 Å². The van der Waals surface area contributed by atoms with Crippen molar-refractivity contribution in [2.75, 3.05) is 10.6 Å². The lowest BCUT2D eigenvalue weighted by Gasteiger charge is -2.08. The lowest BCUT2D eigenvalue weighted by molar-refractivity contribution is 0.102. The summed E-state index contributed by atoms with van der Waals surface area (Å²) in [6.07, 6.45) is 2.35. The number of amides is 1. The first-order valence-corrected chi connectivity index (χ1v) is 8.20. The largest absolute Gasteiger partial charge is 0.340 e. The molecule has 0 radical (unpaired) electrons. The first kappa shape index (κ1) is 16.6. The third kappa shape index (κ3) is 4.41. The molecule has 0 saturated heterocycles. The first-order valence-electron chi connectivity index (χ1n) is 8.20. The molecule has 1 heterocycles. The van der Waals surface area contributed by atoms with Crippen LogP contribution in [-0.2, 0) is 6.42 Å². The Labute approximate surface area is 147 Å². The van der Waals surface area contributed by atoms with Crippen LogP contribution in [-0.4, -0.2) is 15.9 Å². The highest BCUT2D eigenvalue weighted by Crippen LogP contribution is 2.16. The van der Waals surface area contributed by atoms with Gasteiger partial charge in [-0.3, -0.25) is 4.79 Å². The molecule has 5 nitrogen and oxygen atoms in total. The van der Waals surface area contributed by atoms with Crippen molar-refractivity contribution in [3.63, 3.8) is 0 Å². The Hall–Kier alpha value is -3.21. The average Bonchev–Trinajstić information content (AvgIpc) is 2.64. The Morgan fingerprint density at radius 1 is 0.960 bits per heavy atom. The van der Waals surface area contributed by atoms with Crippen molar-refractivity contribution in [1.82, 2.24) is 9.97 Å². The van der Waals surface area contributed by atoms with Crippen LogP contribution in [0.2, 0.25) is 0 Å². The molecule has 0 aliphatic rings. The summed E-state index contributed by atoms with van der Waals surface area (Å²) in [5, 5.41) is 6.03. The number of hydrogen-bond acceptors (Lipinski definition) is 4. The lowest BCUT2D eigenvalue weighted by atomic mass is 10.1. The van der Waals surface area contributed by atoms with Gasteiger partial charge in [-0.25, -0.2) is 9.97 Å². The van der Waals surface area contributed by atoms with Crippen LogP contribution in [0.4, 0.5) is 17.2 Å². The first-order chi connectivity index (χ1) is 12.1. The Morgan fingerprint density at radius 2 is 1.64 bits per heavy atom. The Balaban J connectivity index is 1.71. The smallest absolute Gasteiger partial charge is 0.274 e. The van der Waals surface area contributed by atoms with E-state index in [1.807, 2.05) is 55.5 Å². The van der Waals surface area contributed by atoms with Crippen LogP contribution in [0.15, 0.2) is 60.9 Å². The molecule has 2 N–H and O–H groups in total. The van der Waals surface area contributed by atoms with Gasteiger partial charge in [0.25, 0.3) is 5.91 Å². The molecule has 0 fully saturated rings. The second-order valence-electron chi connectivity index (χ2n) is 5.78. The number of benzene rings is 2. The molecule has 0 atom stereocenters. The number of carbonyl (C=O) groups is 1. The van der Waals surface area contributed by atoms with E-state index in [1.165, 1.54) is 17.5 Å². The van der Waals surface area contributed by atoms with Gasteiger partial charge in [0.2, 0.25) is 0 Å². The highest BCUT2D eigenvalue weighted by Gasteiger charge is 2.09. The summed E-state index contributed by atoms with van der Waals surface area (Å²) in [4.78, 5) is 20.6. The Morgan fingerprint density at radius 3 is 2.32 bits per heavy atom. The number of hydrogen-bond donors (Lipinski definition) is 2. The third-order valence-corrected chi connectivity index (χ3v) is 3.84. The minimum atomic E-state index is -0.265. The molecule has 0 saturated carbocycles. The van der Waals surface area contributed by atoms with Gasteiger partial charge in [-0.1, -0.05) is 36.8 Å². The highest BCUT2D eigenvalue weighted by atomic mass is 16.1. The standard InChI is InChI=1S/C20H20N4O/c1-3-15-6-10-17(11-7-15)24-20(25)18-12-19(22-13-21-18)23-16-8-4-14(2)5-9-16/h4-13H,3H2,1-2H3,(H,24,25)(H,21,22,23). The van der Waals surface area contributed by atoms with E-state index in [1.54, 1.807) is 6.07 Å². The van der Waals surface area contributed by atoms with Crippen molar-refractivity contribution in [1.29, 1.82) is 0 Å². The minimum absolute atomic E-state index is 0.265. The number of nitrogens with zero attached hydrogens (tertiary/aromatic N) is 2. The van der Waals surface area contributed by atoms with E-state index in [2.05, 4.69) is 27.5 Å². The molecule has 0 aliphatic carbocycles. The van der Waals surface area contributed by atoms with Crippen LogP contribution in [0.5, 0.6) is 0 Å². The molecule has 0 spiro atoms. The normalized spacial score (nSPS) is 10.3. The molecule has 0 aliphatic heterocycles. The molecule has 1 aromatic heterocycles. The van der Waals surface area contributed by atoms with E-state index in [4.69, 9.17) is 0 Å². The van der Waals surface area contributed by atoms with E-state index in [0.29, 0.717) is 11.5 Å². The maximum atomic E-state index is 12.4. The van der Waals surface area contributed by atoms with Gasteiger partial charge in [0.15, 0.2) is 0 Å². The van der Waals surface area contributed by atoms with E-state index in [0.717, 1.165) is 17.8 Å². The lowest BCUT2D eigenvalue weighted by Crippen LogP contribution is -2.14. The summed E-state index contributed by atoms with van der Waals surface area (Å²) in [5.74, 6) is 0.309. The summed E-state index contributed by atoms with van der Waals surface area (Å²) in [5.41, 5.74) is 4.37. The van der Waals surface area contributed by atoms with Crippen LogP contribution >= 0.6 is 0 Å². The summed E-state index contributed by atoms with van der Waals surface area (Å²) in [7, 11) is 0. The molecule has 0 unspecified atom stereocenters. The van der Waals surface area contributed by atoms with Gasteiger partial charge in [0, 0.05) is 17.4 Å². The van der Waals surface area contributed by atoms with Crippen LogP contribution in [0.25, 0.3) is 0 Å². The van der Waals surface area contributed by atoms with Gasteiger partial charge in [-0.2, -0.15) is 0 Å². The van der Waals surface area contributed by atoms with Crippen molar-refractivity contribution in [3.8, 4) is 0 Å². The predicted molar refractivity (Wildman–Crippen MR) is 100 cm³/mol. The zero-order valence-corrected chi connectivity index (χ0v) is 14.3. The SMILES string of the molecule is CCc1ccc(NC(=O)c2cc(Nc3ccc(C)cc3)ncn2)cc1. The summed E-state index contributed by atoms with van der Waals surface area (Å²) in [6, 6.07) is 17.4. The molecule has 3 rings (SSSR count). The van der Waals surface area contributed by atoms with Crippen molar-refractivity contribution >= 4 is 23.1 Å². The molecular weight excluding hydrogens is 312 g/mol. The summed E-state index contributed by atoms with van der Waals surface area (Å²) >= 11 is 0. The van der Waals surface area contributed by atoms with Crippen LogP contribution < -0.4 is 10.6 Å².